The van der Waals surface area contributed by atoms with Crippen LogP contribution in [0.3, 0.4) is 0 Å². The maximum Gasteiger partial charge on any atom is 0.303 e. The first-order chi connectivity index (χ1) is 13.0. The molecule has 0 aromatic heterocycles. The van der Waals surface area contributed by atoms with Crippen molar-refractivity contribution in [1.82, 2.24) is 5.32 Å². The fraction of sp³-hybridized carbons (Fsp3) is 0.524. The first-order valence-electron chi connectivity index (χ1n) is 9.49. The van der Waals surface area contributed by atoms with Crippen LogP contribution in [-0.4, -0.2) is 66.3 Å². The van der Waals surface area contributed by atoms with Gasteiger partial charge in [0, 0.05) is 48.1 Å². The Morgan fingerprint density at radius 1 is 1.21 bits per heavy atom. The SMILES string of the molecule is COc1cc(C=CC(=O)NC2CCC(C)CC2)ccc1OCCCC(=O)O.[Na]. The molecule has 0 aliphatic heterocycles. The zero-order chi connectivity index (χ0) is 19.6. The number of methoxy groups -OCH3 is 1. The number of carboxylic acids is 1. The minimum Gasteiger partial charge on any atom is -0.493 e. The standard InChI is InChI=1S/C21H29NO5.Na/c1-15-5-9-17(10-6-15)22-20(23)12-8-16-7-11-18(19(14-16)26-2)27-13-3-4-21(24)25;/h7-8,11-12,14-15,17H,3-6,9-10,13H2,1-2H3,(H,22,23)(H,24,25);. The maximum absolute atomic E-state index is 12.1. The van der Waals surface area contributed by atoms with Gasteiger partial charge < -0.3 is 19.9 Å². The monoisotopic (exact) mass is 398 g/mol. The molecule has 149 valence electrons. The van der Waals surface area contributed by atoms with Gasteiger partial charge in [-0.2, -0.15) is 0 Å². The van der Waals surface area contributed by atoms with Crippen molar-refractivity contribution in [2.45, 2.75) is 51.5 Å². The van der Waals surface area contributed by atoms with Gasteiger partial charge in [-0.15, -0.1) is 0 Å². The Bertz CT molecular complexity index is 669. The van der Waals surface area contributed by atoms with E-state index < -0.39 is 5.97 Å². The van der Waals surface area contributed by atoms with Gasteiger partial charge in [-0.05, 0) is 61.8 Å². The Balaban J connectivity index is 0.00000392. The molecule has 1 radical (unpaired) electrons. The molecule has 1 saturated carbocycles. The van der Waals surface area contributed by atoms with Crippen LogP contribution in [0.25, 0.3) is 6.08 Å². The summed E-state index contributed by atoms with van der Waals surface area (Å²) in [7, 11) is 1.55. The summed E-state index contributed by atoms with van der Waals surface area (Å²) in [5.74, 6) is 0.940. The molecule has 0 heterocycles. The number of rotatable bonds is 9. The van der Waals surface area contributed by atoms with Crippen LogP contribution in [-0.2, 0) is 9.59 Å². The van der Waals surface area contributed by atoms with Gasteiger partial charge in [0.2, 0.25) is 5.91 Å². The molecule has 2 N–H and O–H groups in total. The molecule has 1 aromatic rings. The molecular weight excluding hydrogens is 369 g/mol. The van der Waals surface area contributed by atoms with Crippen LogP contribution >= 0.6 is 0 Å². The summed E-state index contributed by atoms with van der Waals surface area (Å²) < 4.78 is 10.9. The molecule has 0 saturated heterocycles. The van der Waals surface area contributed by atoms with Crippen molar-refractivity contribution < 1.29 is 24.2 Å². The number of aliphatic carboxylic acids is 1. The van der Waals surface area contributed by atoms with E-state index in [0.717, 1.165) is 24.3 Å². The molecule has 2 rings (SSSR count). The number of hydrogen-bond acceptors (Lipinski definition) is 4. The third-order valence-electron chi connectivity index (χ3n) is 4.77. The average Bonchev–Trinajstić information content (AvgIpc) is 2.65. The maximum atomic E-state index is 12.1. The fourth-order valence-corrected chi connectivity index (χ4v) is 3.14. The van der Waals surface area contributed by atoms with Gasteiger partial charge >= 0.3 is 5.97 Å². The van der Waals surface area contributed by atoms with Crippen LogP contribution in [0.4, 0.5) is 0 Å². The molecule has 1 aromatic carbocycles. The van der Waals surface area contributed by atoms with Crippen LogP contribution in [0.5, 0.6) is 11.5 Å². The second-order valence-electron chi connectivity index (χ2n) is 7.05. The van der Waals surface area contributed by atoms with Crippen molar-refractivity contribution in [3.8, 4) is 11.5 Å². The van der Waals surface area contributed by atoms with Gasteiger partial charge in [0.05, 0.1) is 13.7 Å². The van der Waals surface area contributed by atoms with Gasteiger partial charge in [0.1, 0.15) is 0 Å². The van der Waals surface area contributed by atoms with Gasteiger partial charge in [-0.1, -0.05) is 13.0 Å². The van der Waals surface area contributed by atoms with E-state index >= 15 is 0 Å². The summed E-state index contributed by atoms with van der Waals surface area (Å²) in [5.41, 5.74) is 0.831. The van der Waals surface area contributed by atoms with E-state index in [1.807, 2.05) is 6.07 Å². The van der Waals surface area contributed by atoms with Gasteiger partial charge in [-0.3, -0.25) is 9.59 Å². The molecular formula is C21H29NNaO5. The minimum atomic E-state index is -0.841. The van der Waals surface area contributed by atoms with Gasteiger partial charge in [-0.25, -0.2) is 0 Å². The second-order valence-corrected chi connectivity index (χ2v) is 7.05. The largest absolute Gasteiger partial charge is 0.493 e. The predicted octanol–water partition coefficient (Wildman–Crippen LogP) is 3.27. The first-order valence-corrected chi connectivity index (χ1v) is 9.49. The Hall–Kier alpha value is -1.50. The molecule has 0 bridgehead atoms. The van der Waals surface area contributed by atoms with E-state index in [0.29, 0.717) is 24.5 Å². The van der Waals surface area contributed by atoms with Crippen molar-refractivity contribution in [2.75, 3.05) is 13.7 Å². The molecule has 0 unspecified atom stereocenters. The molecule has 0 spiro atoms. The van der Waals surface area contributed by atoms with E-state index in [-0.39, 0.29) is 47.9 Å². The number of amides is 1. The van der Waals surface area contributed by atoms with E-state index in [2.05, 4.69) is 12.2 Å². The zero-order valence-electron chi connectivity index (χ0n) is 17.1. The van der Waals surface area contributed by atoms with E-state index in [1.54, 1.807) is 31.4 Å². The number of ether oxygens (including phenoxy) is 2. The predicted molar refractivity (Wildman–Crippen MR) is 110 cm³/mol. The van der Waals surface area contributed by atoms with Crippen LogP contribution in [0.2, 0.25) is 0 Å². The van der Waals surface area contributed by atoms with E-state index in [9.17, 15) is 9.59 Å². The third kappa shape index (κ3) is 8.67. The summed E-state index contributed by atoms with van der Waals surface area (Å²) in [5, 5.41) is 11.7. The fourth-order valence-electron chi connectivity index (χ4n) is 3.14. The Kier molecular flexibility index (Phi) is 11.3. The van der Waals surface area contributed by atoms with Crippen LogP contribution in [0.15, 0.2) is 24.3 Å². The van der Waals surface area contributed by atoms with Crippen LogP contribution < -0.4 is 14.8 Å². The summed E-state index contributed by atoms with van der Waals surface area (Å²) in [4.78, 5) is 22.6. The van der Waals surface area contributed by atoms with E-state index in [4.69, 9.17) is 14.6 Å². The number of benzene rings is 1. The van der Waals surface area contributed by atoms with Gasteiger partial charge in [0.25, 0.3) is 0 Å². The Morgan fingerprint density at radius 2 is 1.93 bits per heavy atom. The number of nitrogens with one attached hydrogen (secondary N) is 1. The molecule has 7 heteroatoms. The van der Waals surface area contributed by atoms with Crippen molar-refractivity contribution in [2.24, 2.45) is 5.92 Å². The Morgan fingerprint density at radius 3 is 2.57 bits per heavy atom. The van der Waals surface area contributed by atoms with Crippen molar-refractivity contribution in [1.29, 1.82) is 0 Å². The smallest absolute Gasteiger partial charge is 0.303 e. The second kappa shape index (κ2) is 12.9. The van der Waals surface area contributed by atoms with Crippen molar-refractivity contribution >= 4 is 47.5 Å². The Labute approximate surface area is 189 Å². The number of carbonyl (C=O) groups excluding carboxylic acids is 1. The third-order valence-corrected chi connectivity index (χ3v) is 4.77. The molecule has 28 heavy (non-hydrogen) atoms. The van der Waals surface area contributed by atoms with Crippen LogP contribution in [0.1, 0.15) is 51.0 Å². The molecule has 1 amide bonds. The summed E-state index contributed by atoms with van der Waals surface area (Å²) in [6, 6.07) is 5.66. The molecule has 1 fully saturated rings. The van der Waals surface area contributed by atoms with Crippen molar-refractivity contribution in [3.63, 3.8) is 0 Å². The quantitative estimate of drug-likeness (QED) is 0.379. The molecule has 6 nitrogen and oxygen atoms in total. The average molecular weight is 398 g/mol. The minimum absolute atomic E-state index is 0. The van der Waals surface area contributed by atoms with Crippen molar-refractivity contribution in [3.05, 3.63) is 29.8 Å². The summed E-state index contributed by atoms with van der Waals surface area (Å²) in [6.07, 6.45) is 8.21. The number of carboxylic acid groups (broad SMARTS) is 1. The van der Waals surface area contributed by atoms with Crippen LogP contribution in [0, 0.1) is 5.92 Å². The number of carbonyl (C=O) groups is 2. The molecule has 1 aliphatic carbocycles. The first kappa shape index (κ1) is 24.5. The van der Waals surface area contributed by atoms with Gasteiger partial charge in [0.15, 0.2) is 11.5 Å². The summed E-state index contributed by atoms with van der Waals surface area (Å²) in [6.45, 7) is 2.56. The zero-order valence-corrected chi connectivity index (χ0v) is 19.1. The molecule has 0 atom stereocenters. The van der Waals surface area contributed by atoms with E-state index in [1.165, 1.54) is 12.8 Å². The number of hydrogen-bond donors (Lipinski definition) is 2. The summed E-state index contributed by atoms with van der Waals surface area (Å²) >= 11 is 0. The normalized spacial score (nSPS) is 18.9. The molecule has 1 aliphatic rings. The topological polar surface area (TPSA) is 84.9 Å².